The Morgan fingerprint density at radius 3 is 2.65 bits per heavy atom. The summed E-state index contributed by atoms with van der Waals surface area (Å²) in [6, 6.07) is 1.13. The van der Waals surface area contributed by atoms with Crippen LogP contribution >= 0.6 is 0 Å². The Bertz CT molecular complexity index is 465. The van der Waals surface area contributed by atoms with Crippen molar-refractivity contribution in [1.82, 2.24) is 0 Å². The number of carbonyl (C=O) groups is 1. The van der Waals surface area contributed by atoms with Crippen LogP contribution in [0.2, 0.25) is 0 Å². The summed E-state index contributed by atoms with van der Waals surface area (Å²) in [7, 11) is 0. The van der Waals surface area contributed by atoms with Crippen LogP contribution < -0.4 is 5.32 Å². The van der Waals surface area contributed by atoms with Crippen molar-refractivity contribution in [2.45, 2.75) is 6.42 Å². The summed E-state index contributed by atoms with van der Waals surface area (Å²) in [6.45, 7) is -0.168. The largest absolute Gasteiger partial charge is 0.481 e. The van der Waals surface area contributed by atoms with Gasteiger partial charge in [-0.15, -0.1) is 0 Å². The first-order valence-electron chi connectivity index (χ1n) is 4.51. The van der Waals surface area contributed by atoms with Crippen LogP contribution in [0.25, 0.3) is 0 Å². The summed E-state index contributed by atoms with van der Waals surface area (Å²) in [5.41, 5.74) is -1.29. The van der Waals surface area contributed by atoms with E-state index in [-0.39, 0.29) is 18.7 Å². The molecular formula is C9H8F2N2O4. The van der Waals surface area contributed by atoms with Crippen molar-refractivity contribution in [3.05, 3.63) is 33.9 Å². The van der Waals surface area contributed by atoms with Gasteiger partial charge < -0.3 is 10.4 Å². The van der Waals surface area contributed by atoms with Crippen LogP contribution in [0.1, 0.15) is 6.42 Å². The van der Waals surface area contributed by atoms with Gasteiger partial charge in [0.1, 0.15) is 11.5 Å². The normalized spacial score (nSPS) is 10.0. The highest BCUT2D eigenvalue weighted by atomic mass is 19.1. The van der Waals surface area contributed by atoms with Crippen molar-refractivity contribution in [1.29, 1.82) is 0 Å². The standard InChI is InChI=1S/C9H8F2N2O4/c10-5-3-6(11)9(13(16)17)7(4-5)12-2-1-8(14)15/h3-4,12H,1-2H2,(H,14,15). The monoisotopic (exact) mass is 246 g/mol. The molecule has 6 nitrogen and oxygen atoms in total. The fourth-order valence-electron chi connectivity index (χ4n) is 1.19. The molecule has 0 radical (unpaired) electrons. The van der Waals surface area contributed by atoms with Crippen molar-refractivity contribution < 1.29 is 23.6 Å². The molecule has 0 aliphatic heterocycles. The van der Waals surface area contributed by atoms with E-state index in [4.69, 9.17) is 5.11 Å². The molecule has 0 saturated heterocycles. The summed E-state index contributed by atoms with van der Waals surface area (Å²) >= 11 is 0. The SMILES string of the molecule is O=C(O)CCNc1cc(F)cc(F)c1[N+](=O)[O-]. The number of nitro benzene ring substituents is 1. The molecule has 1 aromatic carbocycles. The Balaban J connectivity index is 2.96. The number of anilines is 1. The van der Waals surface area contributed by atoms with Gasteiger partial charge in [-0.1, -0.05) is 0 Å². The second kappa shape index (κ2) is 5.19. The average molecular weight is 246 g/mol. The molecule has 0 aliphatic carbocycles. The predicted octanol–water partition coefficient (Wildman–Crippen LogP) is 1.76. The van der Waals surface area contributed by atoms with E-state index in [9.17, 15) is 23.7 Å². The highest BCUT2D eigenvalue weighted by molar-refractivity contribution is 5.68. The molecule has 1 rings (SSSR count). The third-order valence-electron chi connectivity index (χ3n) is 1.87. The van der Waals surface area contributed by atoms with Crippen molar-refractivity contribution in [3.63, 3.8) is 0 Å². The molecule has 0 aromatic heterocycles. The number of carboxylic acid groups (broad SMARTS) is 1. The summed E-state index contributed by atoms with van der Waals surface area (Å²) in [4.78, 5) is 19.8. The molecule has 0 saturated carbocycles. The Morgan fingerprint density at radius 1 is 1.47 bits per heavy atom. The zero-order valence-corrected chi connectivity index (χ0v) is 8.44. The molecule has 1 aromatic rings. The molecule has 0 heterocycles. The molecule has 92 valence electrons. The fourth-order valence-corrected chi connectivity index (χ4v) is 1.19. The second-order valence-corrected chi connectivity index (χ2v) is 3.11. The van der Waals surface area contributed by atoms with Gasteiger partial charge in [-0.3, -0.25) is 14.9 Å². The van der Waals surface area contributed by atoms with E-state index in [0.29, 0.717) is 6.07 Å². The zero-order chi connectivity index (χ0) is 13.0. The van der Waals surface area contributed by atoms with Crippen LogP contribution in [0, 0.1) is 21.7 Å². The van der Waals surface area contributed by atoms with Gasteiger partial charge in [-0.2, -0.15) is 4.39 Å². The van der Waals surface area contributed by atoms with Crippen LogP contribution in [0.15, 0.2) is 12.1 Å². The van der Waals surface area contributed by atoms with Crippen LogP contribution in [-0.2, 0) is 4.79 Å². The number of benzene rings is 1. The molecule has 17 heavy (non-hydrogen) atoms. The number of aliphatic carboxylic acids is 1. The lowest BCUT2D eigenvalue weighted by molar-refractivity contribution is -0.386. The molecule has 0 spiro atoms. The quantitative estimate of drug-likeness (QED) is 0.610. The Hall–Kier alpha value is -2.25. The van der Waals surface area contributed by atoms with Crippen LogP contribution in [0.3, 0.4) is 0 Å². The van der Waals surface area contributed by atoms with E-state index < -0.39 is 28.2 Å². The average Bonchev–Trinajstić information content (AvgIpc) is 2.14. The smallest absolute Gasteiger partial charge is 0.327 e. The van der Waals surface area contributed by atoms with Gasteiger partial charge in [-0.25, -0.2) is 4.39 Å². The molecule has 8 heteroatoms. The van der Waals surface area contributed by atoms with Crippen molar-refractivity contribution in [2.75, 3.05) is 11.9 Å². The number of hydrogen-bond donors (Lipinski definition) is 2. The van der Waals surface area contributed by atoms with Gasteiger partial charge in [0.15, 0.2) is 0 Å². The number of carboxylic acids is 1. The first kappa shape index (κ1) is 12.8. The van der Waals surface area contributed by atoms with Crippen LogP contribution in [0.4, 0.5) is 20.2 Å². The molecule has 0 unspecified atom stereocenters. The molecule has 0 atom stereocenters. The predicted molar refractivity (Wildman–Crippen MR) is 53.8 cm³/mol. The lowest BCUT2D eigenvalue weighted by Gasteiger charge is -2.06. The number of rotatable bonds is 5. The van der Waals surface area contributed by atoms with E-state index in [0.717, 1.165) is 6.07 Å². The van der Waals surface area contributed by atoms with E-state index in [1.54, 1.807) is 0 Å². The maximum atomic E-state index is 13.1. The third kappa shape index (κ3) is 3.37. The van der Waals surface area contributed by atoms with Gasteiger partial charge in [0, 0.05) is 18.7 Å². The van der Waals surface area contributed by atoms with Crippen LogP contribution in [-0.4, -0.2) is 22.5 Å². The summed E-state index contributed by atoms with van der Waals surface area (Å²) < 4.78 is 25.9. The molecule has 0 aliphatic rings. The Morgan fingerprint density at radius 2 is 2.12 bits per heavy atom. The molecule has 0 fully saturated rings. The molecule has 0 amide bonds. The minimum absolute atomic E-state index is 0.168. The highest BCUT2D eigenvalue weighted by Gasteiger charge is 2.21. The third-order valence-corrected chi connectivity index (χ3v) is 1.87. The number of nitrogens with one attached hydrogen (secondary N) is 1. The van der Waals surface area contributed by atoms with E-state index in [1.165, 1.54) is 0 Å². The van der Waals surface area contributed by atoms with Crippen molar-refractivity contribution >= 4 is 17.3 Å². The Labute approximate surface area is 94.0 Å². The van der Waals surface area contributed by atoms with Gasteiger partial charge in [0.2, 0.25) is 5.82 Å². The number of hydrogen-bond acceptors (Lipinski definition) is 4. The lowest BCUT2D eigenvalue weighted by Crippen LogP contribution is -2.10. The summed E-state index contributed by atoms with van der Waals surface area (Å²) in [6.07, 6.45) is -0.324. The molecular weight excluding hydrogens is 238 g/mol. The van der Waals surface area contributed by atoms with Gasteiger partial charge in [0.05, 0.1) is 11.3 Å². The van der Waals surface area contributed by atoms with Gasteiger partial charge >= 0.3 is 11.7 Å². The van der Waals surface area contributed by atoms with Gasteiger partial charge in [0.25, 0.3) is 0 Å². The van der Waals surface area contributed by atoms with Crippen LogP contribution in [0.5, 0.6) is 0 Å². The van der Waals surface area contributed by atoms with Crippen molar-refractivity contribution in [3.8, 4) is 0 Å². The van der Waals surface area contributed by atoms with Crippen molar-refractivity contribution in [2.24, 2.45) is 0 Å². The number of nitrogens with zero attached hydrogens (tertiary/aromatic N) is 1. The maximum Gasteiger partial charge on any atom is 0.327 e. The maximum absolute atomic E-state index is 13.1. The summed E-state index contributed by atoms with van der Waals surface area (Å²) in [5.74, 6) is -3.42. The zero-order valence-electron chi connectivity index (χ0n) is 8.44. The van der Waals surface area contributed by atoms with E-state index >= 15 is 0 Å². The number of nitro groups is 1. The minimum atomic E-state index is -1.31. The second-order valence-electron chi connectivity index (χ2n) is 3.11. The number of halogens is 2. The first-order chi connectivity index (χ1) is 7.91. The van der Waals surface area contributed by atoms with Gasteiger partial charge in [-0.05, 0) is 0 Å². The Kier molecular flexibility index (Phi) is 3.91. The van der Waals surface area contributed by atoms with E-state index in [2.05, 4.69) is 5.32 Å². The highest BCUT2D eigenvalue weighted by Crippen LogP contribution is 2.28. The first-order valence-corrected chi connectivity index (χ1v) is 4.51. The fraction of sp³-hybridized carbons (Fsp3) is 0.222. The van der Waals surface area contributed by atoms with E-state index in [1.807, 2.05) is 0 Å². The summed E-state index contributed by atoms with van der Waals surface area (Å²) in [5, 5.41) is 21.2. The lowest BCUT2D eigenvalue weighted by atomic mass is 10.2. The minimum Gasteiger partial charge on any atom is -0.481 e. The topological polar surface area (TPSA) is 92.5 Å². The molecule has 0 bridgehead atoms. The molecule has 2 N–H and O–H groups in total.